The molecule has 0 spiro atoms. The van der Waals surface area contributed by atoms with Gasteiger partial charge in [0.05, 0.1) is 12.7 Å². The Bertz CT molecular complexity index is 392. The zero-order chi connectivity index (χ0) is 15.9. The molecule has 20 heavy (non-hydrogen) atoms. The van der Waals surface area contributed by atoms with Gasteiger partial charge in [0, 0.05) is 0 Å². The molecule has 2 heteroatoms. The van der Waals surface area contributed by atoms with E-state index in [1.807, 2.05) is 19.1 Å². The van der Waals surface area contributed by atoms with Crippen LogP contribution in [0.3, 0.4) is 0 Å². The van der Waals surface area contributed by atoms with Crippen LogP contribution in [0.1, 0.15) is 48.0 Å². The van der Waals surface area contributed by atoms with Gasteiger partial charge in [0.1, 0.15) is 0 Å². The first kappa shape index (κ1) is 18.7. The maximum atomic E-state index is 11.7. The van der Waals surface area contributed by atoms with Crippen molar-refractivity contribution >= 4 is 5.97 Å². The average Bonchev–Trinajstić information content (AvgIpc) is 2.36. The van der Waals surface area contributed by atoms with Crippen LogP contribution in [0.4, 0.5) is 0 Å². The molecule has 0 aliphatic carbocycles. The molecule has 0 aromatic rings. The SMILES string of the molecule is C=C/C(=C\C(=C/C)C(=O)OC)C(CC(C)C)C(C)(C)C. The normalized spacial score (nSPS) is 15.2. The van der Waals surface area contributed by atoms with Gasteiger partial charge in [-0.25, -0.2) is 4.79 Å². The molecule has 1 atom stereocenters. The van der Waals surface area contributed by atoms with E-state index in [-0.39, 0.29) is 11.4 Å². The van der Waals surface area contributed by atoms with Gasteiger partial charge in [0.25, 0.3) is 0 Å². The Labute approximate surface area is 124 Å². The van der Waals surface area contributed by atoms with E-state index in [1.165, 1.54) is 7.11 Å². The summed E-state index contributed by atoms with van der Waals surface area (Å²) < 4.78 is 4.81. The van der Waals surface area contributed by atoms with Crippen LogP contribution in [0.2, 0.25) is 0 Å². The fourth-order valence-corrected chi connectivity index (χ4v) is 2.32. The lowest BCUT2D eigenvalue weighted by molar-refractivity contribution is -0.135. The first-order chi connectivity index (χ1) is 9.17. The molecule has 0 aliphatic rings. The van der Waals surface area contributed by atoms with Crippen LogP contribution in [0.5, 0.6) is 0 Å². The quantitative estimate of drug-likeness (QED) is 0.391. The molecule has 0 N–H and O–H groups in total. The highest BCUT2D eigenvalue weighted by Crippen LogP contribution is 2.37. The topological polar surface area (TPSA) is 26.3 Å². The summed E-state index contributed by atoms with van der Waals surface area (Å²) in [6.45, 7) is 16.9. The summed E-state index contributed by atoms with van der Waals surface area (Å²) in [7, 11) is 1.41. The van der Waals surface area contributed by atoms with Gasteiger partial charge >= 0.3 is 5.97 Å². The van der Waals surface area contributed by atoms with Crippen molar-refractivity contribution in [1.82, 2.24) is 0 Å². The standard InChI is InChI=1S/C18H30O2/c1-9-14(12-15(10-2)17(19)20-8)16(11-13(3)4)18(5,6)7/h9-10,12-13,16H,1,11H2,2-8H3/b14-12+,15-10+. The van der Waals surface area contributed by atoms with Crippen LogP contribution in [-0.2, 0) is 9.53 Å². The number of esters is 1. The van der Waals surface area contributed by atoms with Crippen molar-refractivity contribution in [3.63, 3.8) is 0 Å². The second-order valence-electron chi connectivity index (χ2n) is 6.63. The maximum Gasteiger partial charge on any atom is 0.337 e. The first-order valence-corrected chi connectivity index (χ1v) is 7.26. The largest absolute Gasteiger partial charge is 0.465 e. The third-order valence-electron chi connectivity index (χ3n) is 3.44. The van der Waals surface area contributed by atoms with Gasteiger partial charge in [0.15, 0.2) is 0 Å². The second-order valence-corrected chi connectivity index (χ2v) is 6.63. The van der Waals surface area contributed by atoms with E-state index >= 15 is 0 Å². The Morgan fingerprint density at radius 1 is 1.30 bits per heavy atom. The monoisotopic (exact) mass is 278 g/mol. The molecule has 0 saturated carbocycles. The van der Waals surface area contributed by atoms with Crippen molar-refractivity contribution in [1.29, 1.82) is 0 Å². The summed E-state index contributed by atoms with van der Waals surface area (Å²) in [5, 5.41) is 0. The average molecular weight is 278 g/mol. The van der Waals surface area contributed by atoms with Crippen molar-refractivity contribution in [3.05, 3.63) is 36.0 Å². The minimum Gasteiger partial charge on any atom is -0.465 e. The van der Waals surface area contributed by atoms with E-state index in [1.54, 1.807) is 6.08 Å². The molecule has 0 amide bonds. The molecule has 0 aromatic heterocycles. The molecule has 0 saturated heterocycles. The fourth-order valence-electron chi connectivity index (χ4n) is 2.32. The predicted octanol–water partition coefficient (Wildman–Crippen LogP) is 4.93. The van der Waals surface area contributed by atoms with Crippen LogP contribution >= 0.6 is 0 Å². The van der Waals surface area contributed by atoms with Gasteiger partial charge in [-0.1, -0.05) is 53.3 Å². The van der Waals surface area contributed by atoms with Crippen molar-refractivity contribution in [2.75, 3.05) is 7.11 Å². The number of methoxy groups -OCH3 is 1. The smallest absolute Gasteiger partial charge is 0.337 e. The van der Waals surface area contributed by atoms with E-state index in [4.69, 9.17) is 4.74 Å². The Morgan fingerprint density at radius 3 is 2.15 bits per heavy atom. The molecule has 114 valence electrons. The molecule has 0 aromatic carbocycles. The molecule has 1 unspecified atom stereocenters. The Balaban J connectivity index is 5.58. The van der Waals surface area contributed by atoms with Crippen LogP contribution in [-0.4, -0.2) is 13.1 Å². The van der Waals surface area contributed by atoms with E-state index in [0.29, 0.717) is 17.4 Å². The fraction of sp³-hybridized carbons (Fsp3) is 0.611. The third-order valence-corrected chi connectivity index (χ3v) is 3.44. The lowest BCUT2D eigenvalue weighted by atomic mass is 9.72. The molecular weight excluding hydrogens is 248 g/mol. The highest BCUT2D eigenvalue weighted by Gasteiger charge is 2.28. The van der Waals surface area contributed by atoms with Crippen LogP contribution in [0.15, 0.2) is 36.0 Å². The van der Waals surface area contributed by atoms with Crippen molar-refractivity contribution in [2.24, 2.45) is 17.3 Å². The van der Waals surface area contributed by atoms with E-state index < -0.39 is 0 Å². The minimum atomic E-state index is -0.302. The van der Waals surface area contributed by atoms with Gasteiger partial charge in [-0.15, -0.1) is 0 Å². The van der Waals surface area contributed by atoms with Gasteiger partial charge in [-0.05, 0) is 42.2 Å². The zero-order valence-corrected chi connectivity index (χ0v) is 14.1. The third kappa shape index (κ3) is 5.77. The van der Waals surface area contributed by atoms with Crippen molar-refractivity contribution < 1.29 is 9.53 Å². The maximum absolute atomic E-state index is 11.7. The van der Waals surface area contributed by atoms with Crippen LogP contribution in [0, 0.1) is 17.3 Å². The van der Waals surface area contributed by atoms with E-state index in [9.17, 15) is 4.79 Å². The molecule has 0 fully saturated rings. The van der Waals surface area contributed by atoms with Gasteiger partial charge in [-0.2, -0.15) is 0 Å². The molecule has 0 radical (unpaired) electrons. The van der Waals surface area contributed by atoms with Crippen molar-refractivity contribution in [2.45, 2.75) is 48.0 Å². The lowest BCUT2D eigenvalue weighted by Crippen LogP contribution is -2.24. The summed E-state index contributed by atoms with van der Waals surface area (Å²) in [5.74, 6) is 0.651. The zero-order valence-electron chi connectivity index (χ0n) is 14.1. The van der Waals surface area contributed by atoms with Gasteiger partial charge in [0.2, 0.25) is 0 Å². The van der Waals surface area contributed by atoms with Gasteiger partial charge in [-0.3, -0.25) is 0 Å². The number of rotatable bonds is 6. The summed E-state index contributed by atoms with van der Waals surface area (Å²) in [5.41, 5.74) is 1.81. The summed E-state index contributed by atoms with van der Waals surface area (Å²) in [6.07, 6.45) is 6.63. The predicted molar refractivity (Wildman–Crippen MR) is 86.5 cm³/mol. The Hall–Kier alpha value is -1.31. The second kappa shape index (κ2) is 8.08. The lowest BCUT2D eigenvalue weighted by Gasteiger charge is -2.33. The number of carbonyl (C=O) groups excluding carboxylic acids is 1. The Kier molecular flexibility index (Phi) is 7.55. The number of allylic oxidation sites excluding steroid dienone is 3. The Morgan fingerprint density at radius 2 is 1.85 bits per heavy atom. The van der Waals surface area contributed by atoms with E-state index in [0.717, 1.165) is 12.0 Å². The minimum absolute atomic E-state index is 0.124. The van der Waals surface area contributed by atoms with Crippen molar-refractivity contribution in [3.8, 4) is 0 Å². The molecule has 0 bridgehead atoms. The molecule has 0 rings (SSSR count). The number of ether oxygens (including phenoxy) is 1. The molecular formula is C18H30O2. The molecule has 0 heterocycles. The number of carbonyl (C=O) groups is 1. The number of hydrogen-bond donors (Lipinski definition) is 0. The highest BCUT2D eigenvalue weighted by molar-refractivity contribution is 5.91. The first-order valence-electron chi connectivity index (χ1n) is 7.26. The molecule has 2 nitrogen and oxygen atoms in total. The van der Waals surface area contributed by atoms with E-state index in [2.05, 4.69) is 41.2 Å². The van der Waals surface area contributed by atoms with Crippen LogP contribution < -0.4 is 0 Å². The summed E-state index contributed by atoms with van der Waals surface area (Å²) in [6, 6.07) is 0. The highest BCUT2D eigenvalue weighted by atomic mass is 16.5. The summed E-state index contributed by atoms with van der Waals surface area (Å²) in [4.78, 5) is 11.7. The summed E-state index contributed by atoms with van der Waals surface area (Å²) >= 11 is 0. The van der Waals surface area contributed by atoms with Crippen LogP contribution in [0.25, 0.3) is 0 Å². The molecule has 0 aliphatic heterocycles. The van der Waals surface area contributed by atoms with Gasteiger partial charge < -0.3 is 4.74 Å². The number of hydrogen-bond acceptors (Lipinski definition) is 2.